The van der Waals surface area contributed by atoms with Crippen molar-refractivity contribution < 1.29 is 4.79 Å². The number of pyridine rings is 1. The van der Waals surface area contributed by atoms with E-state index in [9.17, 15) is 4.79 Å². The Kier molecular flexibility index (Phi) is 8.12. The van der Waals surface area contributed by atoms with Crippen LogP contribution < -0.4 is 10.7 Å². The maximum absolute atomic E-state index is 12.6. The van der Waals surface area contributed by atoms with Gasteiger partial charge in [0, 0.05) is 22.6 Å². The minimum Gasteiger partial charge on any atom is -0.378 e. The van der Waals surface area contributed by atoms with Crippen molar-refractivity contribution in [3.8, 4) is 5.69 Å². The van der Waals surface area contributed by atoms with Gasteiger partial charge in [-0.15, -0.1) is 10.2 Å². The minimum absolute atomic E-state index is 0.249. The molecule has 0 saturated carbocycles. The fourth-order valence-corrected chi connectivity index (χ4v) is 4.35. The number of hydrazone groups is 1. The van der Waals surface area contributed by atoms with E-state index < -0.39 is 5.25 Å². The first kappa shape index (κ1) is 24.4. The number of anilines is 1. The summed E-state index contributed by atoms with van der Waals surface area (Å²) in [4.78, 5) is 16.8. The summed E-state index contributed by atoms with van der Waals surface area (Å²) in [7, 11) is 0. The molecule has 4 aromatic rings. The van der Waals surface area contributed by atoms with Crippen LogP contribution in [0.25, 0.3) is 5.69 Å². The largest absolute Gasteiger partial charge is 0.378 e. The number of para-hydroxylation sites is 1. The van der Waals surface area contributed by atoms with Crippen molar-refractivity contribution in [2.75, 3.05) is 5.32 Å². The van der Waals surface area contributed by atoms with E-state index in [4.69, 9.17) is 11.6 Å². The van der Waals surface area contributed by atoms with Crippen molar-refractivity contribution in [1.82, 2.24) is 25.2 Å². The molecule has 0 bridgehead atoms. The highest BCUT2D eigenvalue weighted by Gasteiger charge is 2.21. The Labute approximate surface area is 212 Å². The smallest absolute Gasteiger partial charge is 0.253 e. The highest BCUT2D eigenvalue weighted by Crippen LogP contribution is 2.27. The van der Waals surface area contributed by atoms with Crippen LogP contribution in [0.5, 0.6) is 0 Å². The van der Waals surface area contributed by atoms with E-state index in [1.807, 2.05) is 72.2 Å². The molecule has 1 unspecified atom stereocenters. The topological polar surface area (TPSA) is 97.1 Å². The average Bonchev–Trinajstić information content (AvgIpc) is 3.26. The van der Waals surface area contributed by atoms with Gasteiger partial charge in [-0.2, -0.15) is 5.10 Å². The first-order valence-electron chi connectivity index (χ1n) is 10.9. The monoisotopic (exact) mass is 505 g/mol. The number of halogens is 1. The van der Waals surface area contributed by atoms with Gasteiger partial charge in [0.1, 0.15) is 0 Å². The Balaban J connectivity index is 1.49. The third-order valence-corrected chi connectivity index (χ3v) is 6.33. The molecule has 0 fully saturated rings. The van der Waals surface area contributed by atoms with Gasteiger partial charge in [0.05, 0.1) is 23.7 Å². The van der Waals surface area contributed by atoms with Crippen molar-refractivity contribution in [3.05, 3.63) is 95.0 Å². The maximum Gasteiger partial charge on any atom is 0.253 e. The summed E-state index contributed by atoms with van der Waals surface area (Å²) in [5, 5.41) is 17.0. The van der Waals surface area contributed by atoms with Crippen LogP contribution in [0.4, 0.5) is 5.69 Å². The standard InChI is InChI=1S/C25H24ClN7OS/c1-17-14-19(26)11-12-22(17)28-16-23-30-32-25(33(23)21-9-4-3-5-10-21)35-18(2)24(34)31-29-15-20-8-6-7-13-27-20/h3-15,18,28H,16H2,1-2H3,(H,31,34)/b29-15+. The van der Waals surface area contributed by atoms with Crippen LogP contribution in [0.1, 0.15) is 24.0 Å². The lowest BCUT2D eigenvalue weighted by molar-refractivity contribution is -0.120. The number of nitrogens with one attached hydrogen (secondary N) is 2. The molecule has 2 heterocycles. The molecule has 2 aromatic heterocycles. The van der Waals surface area contributed by atoms with Gasteiger partial charge in [0.25, 0.3) is 5.91 Å². The molecule has 178 valence electrons. The molecule has 10 heteroatoms. The van der Waals surface area contributed by atoms with E-state index in [0.29, 0.717) is 28.2 Å². The zero-order valence-corrected chi connectivity index (χ0v) is 20.8. The lowest BCUT2D eigenvalue weighted by atomic mass is 10.2. The minimum atomic E-state index is -0.457. The first-order valence-corrected chi connectivity index (χ1v) is 12.2. The van der Waals surface area contributed by atoms with Crippen LogP contribution in [0.3, 0.4) is 0 Å². The van der Waals surface area contributed by atoms with E-state index >= 15 is 0 Å². The Morgan fingerprint density at radius 3 is 2.69 bits per heavy atom. The molecule has 35 heavy (non-hydrogen) atoms. The fourth-order valence-electron chi connectivity index (χ4n) is 3.24. The quantitative estimate of drug-likeness (QED) is 0.191. The number of aromatic nitrogens is 4. The number of hydrogen-bond acceptors (Lipinski definition) is 7. The highest BCUT2D eigenvalue weighted by molar-refractivity contribution is 8.00. The van der Waals surface area contributed by atoms with Gasteiger partial charge >= 0.3 is 0 Å². The van der Waals surface area contributed by atoms with Gasteiger partial charge in [-0.05, 0) is 61.9 Å². The molecule has 0 spiro atoms. The lowest BCUT2D eigenvalue weighted by Gasteiger charge is -2.14. The van der Waals surface area contributed by atoms with Gasteiger partial charge in [-0.3, -0.25) is 14.3 Å². The summed E-state index contributed by atoms with van der Waals surface area (Å²) in [6.45, 7) is 4.24. The van der Waals surface area contributed by atoms with E-state index in [-0.39, 0.29) is 5.91 Å². The summed E-state index contributed by atoms with van der Waals surface area (Å²) in [6.07, 6.45) is 3.17. The van der Waals surface area contributed by atoms with E-state index in [1.165, 1.54) is 18.0 Å². The summed E-state index contributed by atoms with van der Waals surface area (Å²) in [6, 6.07) is 21.0. The zero-order valence-electron chi connectivity index (χ0n) is 19.2. The number of thioether (sulfide) groups is 1. The molecule has 0 aliphatic carbocycles. The maximum atomic E-state index is 12.6. The SMILES string of the molecule is Cc1cc(Cl)ccc1NCc1nnc(SC(C)C(=O)N/N=C/c2ccccn2)n1-c1ccccc1. The van der Waals surface area contributed by atoms with Crippen molar-refractivity contribution in [3.63, 3.8) is 0 Å². The van der Waals surface area contributed by atoms with E-state index in [2.05, 4.69) is 31.0 Å². The number of amides is 1. The number of nitrogens with zero attached hydrogens (tertiary/aromatic N) is 5. The summed E-state index contributed by atoms with van der Waals surface area (Å²) < 4.78 is 1.95. The summed E-state index contributed by atoms with van der Waals surface area (Å²) in [5.74, 6) is 0.468. The van der Waals surface area contributed by atoms with Gasteiger partial charge in [0.2, 0.25) is 0 Å². The van der Waals surface area contributed by atoms with Gasteiger partial charge in [0.15, 0.2) is 11.0 Å². The zero-order chi connectivity index (χ0) is 24.6. The van der Waals surface area contributed by atoms with Crippen LogP contribution in [0, 0.1) is 6.92 Å². The van der Waals surface area contributed by atoms with Gasteiger partial charge in [-0.25, -0.2) is 5.43 Å². The molecule has 2 aromatic carbocycles. The average molecular weight is 506 g/mol. The molecule has 4 rings (SSSR count). The number of rotatable bonds is 9. The van der Waals surface area contributed by atoms with Crippen molar-refractivity contribution in [1.29, 1.82) is 0 Å². The fraction of sp³-hybridized carbons (Fsp3) is 0.160. The third-order valence-electron chi connectivity index (χ3n) is 5.05. The molecule has 2 N–H and O–H groups in total. The summed E-state index contributed by atoms with van der Waals surface area (Å²) in [5.41, 5.74) is 6.13. The molecule has 0 aliphatic rings. The van der Waals surface area contributed by atoms with Crippen molar-refractivity contribution in [2.24, 2.45) is 5.10 Å². The Hall–Kier alpha value is -3.69. The second kappa shape index (κ2) is 11.6. The number of hydrogen-bond donors (Lipinski definition) is 2. The molecule has 8 nitrogen and oxygen atoms in total. The molecule has 0 radical (unpaired) electrons. The lowest BCUT2D eigenvalue weighted by Crippen LogP contribution is -2.27. The molecular formula is C25H24ClN7OS. The third kappa shape index (κ3) is 6.46. The normalized spacial score (nSPS) is 12.0. The predicted molar refractivity (Wildman–Crippen MR) is 140 cm³/mol. The van der Waals surface area contributed by atoms with Crippen LogP contribution in [-0.4, -0.2) is 37.1 Å². The van der Waals surface area contributed by atoms with Gasteiger partial charge in [-0.1, -0.05) is 47.6 Å². The molecule has 1 atom stereocenters. The van der Waals surface area contributed by atoms with Crippen molar-refractivity contribution in [2.45, 2.75) is 30.8 Å². The first-order chi connectivity index (χ1) is 17.0. The van der Waals surface area contributed by atoms with Crippen LogP contribution >= 0.6 is 23.4 Å². The Bertz CT molecular complexity index is 1310. The van der Waals surface area contributed by atoms with Crippen molar-refractivity contribution >= 4 is 41.2 Å². The predicted octanol–water partition coefficient (Wildman–Crippen LogP) is 4.87. The second-order valence-electron chi connectivity index (χ2n) is 7.63. The number of carbonyl (C=O) groups is 1. The summed E-state index contributed by atoms with van der Waals surface area (Å²) >= 11 is 7.39. The van der Waals surface area contributed by atoms with Gasteiger partial charge < -0.3 is 5.32 Å². The molecular weight excluding hydrogens is 482 g/mol. The van der Waals surface area contributed by atoms with Crippen LogP contribution in [0.2, 0.25) is 5.02 Å². The molecule has 0 saturated heterocycles. The van der Waals surface area contributed by atoms with Crippen LogP contribution in [-0.2, 0) is 11.3 Å². The number of carbonyl (C=O) groups excluding carboxylic acids is 1. The second-order valence-corrected chi connectivity index (χ2v) is 9.38. The Morgan fingerprint density at radius 1 is 1.14 bits per heavy atom. The van der Waals surface area contributed by atoms with E-state index in [1.54, 1.807) is 19.2 Å². The highest BCUT2D eigenvalue weighted by atomic mass is 35.5. The molecule has 1 amide bonds. The van der Waals surface area contributed by atoms with E-state index in [0.717, 1.165) is 16.9 Å². The number of aryl methyl sites for hydroxylation is 1. The van der Waals surface area contributed by atoms with Crippen LogP contribution in [0.15, 0.2) is 83.2 Å². The Morgan fingerprint density at radius 2 is 1.94 bits per heavy atom. The number of benzene rings is 2. The molecule has 0 aliphatic heterocycles.